The Kier molecular flexibility index (Phi) is 4.79. The lowest BCUT2D eigenvalue weighted by Gasteiger charge is -2.09. The average Bonchev–Trinajstić information content (AvgIpc) is 2.57. The van der Waals surface area contributed by atoms with Crippen molar-refractivity contribution in [2.75, 3.05) is 0 Å². The van der Waals surface area contributed by atoms with Gasteiger partial charge in [-0.15, -0.1) is 5.10 Å². The van der Waals surface area contributed by atoms with Crippen molar-refractivity contribution in [3.05, 3.63) is 11.4 Å². The van der Waals surface area contributed by atoms with Crippen LogP contribution in [0.3, 0.4) is 0 Å². The molecule has 0 bridgehead atoms. The second kappa shape index (κ2) is 5.89. The number of nitrogens with zero attached hydrogens (tertiary/aromatic N) is 3. The maximum absolute atomic E-state index is 4.25. The van der Waals surface area contributed by atoms with E-state index in [-0.39, 0.29) is 0 Å². The van der Waals surface area contributed by atoms with Crippen molar-refractivity contribution in [1.82, 2.24) is 15.0 Å². The summed E-state index contributed by atoms with van der Waals surface area (Å²) in [4.78, 5) is 0. The van der Waals surface area contributed by atoms with Gasteiger partial charge in [-0.1, -0.05) is 39.3 Å². The van der Waals surface area contributed by atoms with E-state index in [1.54, 1.807) is 0 Å². The van der Waals surface area contributed by atoms with Crippen molar-refractivity contribution >= 4 is 0 Å². The maximum Gasteiger partial charge on any atom is 0.0856 e. The first-order valence-electron chi connectivity index (χ1n) is 6.10. The molecule has 15 heavy (non-hydrogen) atoms. The Morgan fingerprint density at radius 1 is 1.27 bits per heavy atom. The minimum atomic E-state index is 0.675. The number of hydrogen-bond acceptors (Lipinski definition) is 2. The molecule has 0 amide bonds. The molecule has 0 N–H and O–H groups in total. The molecule has 1 aromatic heterocycles. The summed E-state index contributed by atoms with van der Waals surface area (Å²) in [7, 11) is 0. The topological polar surface area (TPSA) is 30.7 Å². The number of rotatable bonds is 6. The Labute approximate surface area is 92.9 Å². The van der Waals surface area contributed by atoms with E-state index in [2.05, 4.69) is 42.7 Å². The lowest BCUT2D eigenvalue weighted by atomic mass is 10.1. The summed E-state index contributed by atoms with van der Waals surface area (Å²) in [5, 5.41) is 8.50. The van der Waals surface area contributed by atoms with Gasteiger partial charge in [0.25, 0.3) is 0 Å². The third-order valence-electron chi connectivity index (χ3n) is 2.58. The summed E-state index contributed by atoms with van der Waals surface area (Å²) in [5.74, 6) is 0.675. The van der Waals surface area contributed by atoms with E-state index in [1.165, 1.54) is 24.2 Å². The highest BCUT2D eigenvalue weighted by Gasteiger charge is 2.12. The molecule has 3 nitrogen and oxygen atoms in total. The first-order valence-corrected chi connectivity index (χ1v) is 6.10. The lowest BCUT2D eigenvalue weighted by molar-refractivity contribution is 0.510. The molecule has 0 saturated heterocycles. The van der Waals surface area contributed by atoms with Crippen LogP contribution < -0.4 is 0 Å². The van der Waals surface area contributed by atoms with Crippen LogP contribution in [0.15, 0.2) is 0 Å². The summed E-state index contributed by atoms with van der Waals surface area (Å²) in [6, 6.07) is 0. The van der Waals surface area contributed by atoms with E-state index < -0.39 is 0 Å². The second-order valence-corrected chi connectivity index (χ2v) is 4.51. The molecule has 3 heteroatoms. The molecule has 0 aliphatic carbocycles. The fraction of sp³-hybridized carbons (Fsp3) is 0.833. The molecule has 1 heterocycles. The molecule has 1 rings (SSSR count). The minimum absolute atomic E-state index is 0.675. The van der Waals surface area contributed by atoms with Gasteiger partial charge in [0.05, 0.1) is 11.4 Å². The SMILES string of the molecule is CCCCn1nnc(CC)c1CC(C)C. The zero-order valence-corrected chi connectivity index (χ0v) is 10.5. The molecule has 0 radical (unpaired) electrons. The molecule has 0 unspecified atom stereocenters. The van der Waals surface area contributed by atoms with E-state index in [0.29, 0.717) is 5.92 Å². The van der Waals surface area contributed by atoms with Crippen molar-refractivity contribution in [3.8, 4) is 0 Å². The highest BCUT2D eigenvalue weighted by molar-refractivity contribution is 5.10. The molecule has 1 aromatic rings. The van der Waals surface area contributed by atoms with Gasteiger partial charge < -0.3 is 0 Å². The predicted octanol–water partition coefficient (Wildman–Crippen LogP) is 2.84. The molecule has 0 spiro atoms. The van der Waals surface area contributed by atoms with E-state index in [0.717, 1.165) is 19.4 Å². The van der Waals surface area contributed by atoms with Crippen LogP contribution in [-0.4, -0.2) is 15.0 Å². The highest BCUT2D eigenvalue weighted by Crippen LogP contribution is 2.13. The zero-order valence-electron chi connectivity index (χ0n) is 10.5. The van der Waals surface area contributed by atoms with Crippen molar-refractivity contribution < 1.29 is 0 Å². The molecule has 0 fully saturated rings. The van der Waals surface area contributed by atoms with Crippen LogP contribution in [0.1, 0.15) is 51.9 Å². The summed E-state index contributed by atoms with van der Waals surface area (Å²) in [6.07, 6.45) is 4.49. The lowest BCUT2D eigenvalue weighted by Crippen LogP contribution is -2.09. The van der Waals surface area contributed by atoms with Gasteiger partial charge in [0, 0.05) is 6.54 Å². The van der Waals surface area contributed by atoms with Crippen molar-refractivity contribution in [3.63, 3.8) is 0 Å². The third kappa shape index (κ3) is 3.33. The molecule has 86 valence electrons. The van der Waals surface area contributed by atoms with E-state index in [4.69, 9.17) is 0 Å². The van der Waals surface area contributed by atoms with Crippen LogP contribution in [-0.2, 0) is 19.4 Å². The Morgan fingerprint density at radius 2 is 2.00 bits per heavy atom. The monoisotopic (exact) mass is 209 g/mol. The standard InChI is InChI=1S/C12H23N3/c1-5-7-8-15-12(9-10(3)4)11(6-2)13-14-15/h10H,5-9H2,1-4H3. The number of hydrogen-bond donors (Lipinski definition) is 0. The Hall–Kier alpha value is -0.860. The second-order valence-electron chi connectivity index (χ2n) is 4.51. The average molecular weight is 209 g/mol. The van der Waals surface area contributed by atoms with Gasteiger partial charge in [-0.3, -0.25) is 0 Å². The van der Waals surface area contributed by atoms with Crippen molar-refractivity contribution in [2.24, 2.45) is 5.92 Å². The largest absolute Gasteiger partial charge is 0.249 e. The first-order chi connectivity index (χ1) is 7.19. The molecule has 0 aliphatic rings. The molecule has 0 aromatic carbocycles. The first kappa shape index (κ1) is 12.2. The Bertz CT molecular complexity index is 289. The fourth-order valence-corrected chi connectivity index (χ4v) is 1.74. The highest BCUT2D eigenvalue weighted by atomic mass is 15.4. The van der Waals surface area contributed by atoms with Crippen molar-refractivity contribution in [2.45, 2.75) is 59.9 Å². The van der Waals surface area contributed by atoms with Crippen LogP contribution in [0, 0.1) is 5.92 Å². The van der Waals surface area contributed by atoms with Gasteiger partial charge in [0.1, 0.15) is 0 Å². The quantitative estimate of drug-likeness (QED) is 0.721. The molecular weight excluding hydrogens is 186 g/mol. The van der Waals surface area contributed by atoms with E-state index in [1.807, 2.05) is 0 Å². The van der Waals surface area contributed by atoms with Gasteiger partial charge in [-0.25, -0.2) is 4.68 Å². The summed E-state index contributed by atoms with van der Waals surface area (Å²) >= 11 is 0. The molecule has 0 atom stereocenters. The van der Waals surface area contributed by atoms with Crippen LogP contribution in [0.25, 0.3) is 0 Å². The van der Waals surface area contributed by atoms with Gasteiger partial charge in [-0.05, 0) is 25.2 Å². The number of aromatic nitrogens is 3. The van der Waals surface area contributed by atoms with Gasteiger partial charge in [0.15, 0.2) is 0 Å². The summed E-state index contributed by atoms with van der Waals surface area (Å²) < 4.78 is 2.10. The van der Waals surface area contributed by atoms with Crippen LogP contribution in [0.4, 0.5) is 0 Å². The predicted molar refractivity (Wildman–Crippen MR) is 62.9 cm³/mol. The Balaban J connectivity index is 2.80. The zero-order chi connectivity index (χ0) is 11.3. The van der Waals surface area contributed by atoms with Gasteiger partial charge in [0.2, 0.25) is 0 Å². The van der Waals surface area contributed by atoms with Gasteiger partial charge >= 0.3 is 0 Å². The summed E-state index contributed by atoms with van der Waals surface area (Å²) in [5.41, 5.74) is 2.53. The fourth-order valence-electron chi connectivity index (χ4n) is 1.74. The molecule has 0 saturated carbocycles. The van der Waals surface area contributed by atoms with E-state index >= 15 is 0 Å². The minimum Gasteiger partial charge on any atom is -0.249 e. The molecular formula is C12H23N3. The maximum atomic E-state index is 4.25. The smallest absolute Gasteiger partial charge is 0.0856 e. The van der Waals surface area contributed by atoms with Crippen LogP contribution >= 0.6 is 0 Å². The van der Waals surface area contributed by atoms with Crippen molar-refractivity contribution in [1.29, 1.82) is 0 Å². The van der Waals surface area contributed by atoms with Gasteiger partial charge in [-0.2, -0.15) is 0 Å². The molecule has 0 aliphatic heterocycles. The van der Waals surface area contributed by atoms with E-state index in [9.17, 15) is 0 Å². The van der Waals surface area contributed by atoms with Crippen LogP contribution in [0.2, 0.25) is 0 Å². The number of unbranched alkanes of at least 4 members (excludes halogenated alkanes) is 1. The number of aryl methyl sites for hydroxylation is 2. The van der Waals surface area contributed by atoms with Crippen LogP contribution in [0.5, 0.6) is 0 Å². The Morgan fingerprint density at radius 3 is 2.53 bits per heavy atom. The third-order valence-corrected chi connectivity index (χ3v) is 2.58. The summed E-state index contributed by atoms with van der Waals surface area (Å²) in [6.45, 7) is 9.87. The normalized spacial score (nSPS) is 11.3.